The normalized spacial score (nSPS) is 9.36. The zero-order valence-corrected chi connectivity index (χ0v) is 9.19. The maximum absolute atomic E-state index is 7.20. The smallest absolute Gasteiger partial charge is 0.122 e. The van der Waals surface area contributed by atoms with E-state index in [0.717, 1.165) is 11.3 Å². The molecule has 0 radical (unpaired) electrons. The molecular formula is C10H16ClN3. The minimum atomic E-state index is 0. The van der Waals surface area contributed by atoms with Gasteiger partial charge in [0.1, 0.15) is 5.84 Å². The molecule has 1 rings (SSSR count). The highest BCUT2D eigenvalue weighted by Gasteiger charge is 1.97. The van der Waals surface area contributed by atoms with Gasteiger partial charge in [0, 0.05) is 17.3 Å². The van der Waals surface area contributed by atoms with Crippen molar-refractivity contribution in [2.75, 3.05) is 5.32 Å². The molecule has 0 aliphatic carbocycles. The molecule has 0 aliphatic rings. The maximum Gasteiger partial charge on any atom is 0.122 e. The number of hydrogen-bond donors (Lipinski definition) is 3. The van der Waals surface area contributed by atoms with Crippen LogP contribution in [0.15, 0.2) is 24.3 Å². The first kappa shape index (κ1) is 12.8. The van der Waals surface area contributed by atoms with Gasteiger partial charge in [-0.15, -0.1) is 12.4 Å². The van der Waals surface area contributed by atoms with E-state index in [9.17, 15) is 0 Å². The van der Waals surface area contributed by atoms with Crippen molar-refractivity contribution < 1.29 is 0 Å². The first-order valence-electron chi connectivity index (χ1n) is 4.30. The summed E-state index contributed by atoms with van der Waals surface area (Å²) in [5.41, 5.74) is 7.14. The van der Waals surface area contributed by atoms with Gasteiger partial charge in [0.05, 0.1) is 0 Å². The summed E-state index contributed by atoms with van der Waals surface area (Å²) >= 11 is 0. The van der Waals surface area contributed by atoms with Crippen molar-refractivity contribution >= 4 is 23.9 Å². The molecule has 1 aromatic rings. The van der Waals surface area contributed by atoms with Crippen LogP contribution in [0.4, 0.5) is 5.69 Å². The lowest BCUT2D eigenvalue weighted by molar-refractivity contribution is 0.900. The number of rotatable bonds is 3. The molecule has 0 aliphatic heterocycles. The van der Waals surface area contributed by atoms with E-state index in [0.29, 0.717) is 6.04 Å². The molecule has 1 aromatic carbocycles. The Hall–Kier alpha value is -1.22. The Labute approximate surface area is 90.6 Å². The monoisotopic (exact) mass is 213 g/mol. The van der Waals surface area contributed by atoms with E-state index < -0.39 is 0 Å². The van der Waals surface area contributed by atoms with Crippen molar-refractivity contribution in [1.29, 1.82) is 5.41 Å². The quantitative estimate of drug-likeness (QED) is 0.533. The fourth-order valence-corrected chi connectivity index (χ4v) is 1.08. The molecule has 0 heterocycles. The Morgan fingerprint density at radius 2 is 1.79 bits per heavy atom. The highest BCUT2D eigenvalue weighted by atomic mass is 35.5. The Kier molecular flexibility index (Phi) is 5.02. The zero-order valence-electron chi connectivity index (χ0n) is 8.37. The minimum absolute atomic E-state index is 0. The number of nitrogens with one attached hydrogen (secondary N) is 2. The van der Waals surface area contributed by atoms with Gasteiger partial charge in [-0.1, -0.05) is 0 Å². The SMILES string of the molecule is CC(C)Nc1ccc(C(=N)N)cc1.Cl. The van der Waals surface area contributed by atoms with Crippen LogP contribution in [0, 0.1) is 5.41 Å². The molecule has 0 spiro atoms. The molecule has 0 fully saturated rings. The number of nitrogens with two attached hydrogens (primary N) is 1. The van der Waals surface area contributed by atoms with Gasteiger partial charge >= 0.3 is 0 Å². The molecule has 14 heavy (non-hydrogen) atoms. The molecule has 0 bridgehead atoms. The number of hydrogen-bond acceptors (Lipinski definition) is 2. The van der Waals surface area contributed by atoms with Crippen LogP contribution in [-0.4, -0.2) is 11.9 Å². The molecule has 0 atom stereocenters. The number of anilines is 1. The van der Waals surface area contributed by atoms with E-state index in [-0.39, 0.29) is 18.2 Å². The number of amidine groups is 1. The van der Waals surface area contributed by atoms with Crippen LogP contribution >= 0.6 is 12.4 Å². The molecule has 0 unspecified atom stereocenters. The van der Waals surface area contributed by atoms with E-state index in [4.69, 9.17) is 11.1 Å². The molecule has 4 N–H and O–H groups in total. The lowest BCUT2D eigenvalue weighted by Crippen LogP contribution is -2.12. The molecule has 4 heteroatoms. The third kappa shape index (κ3) is 3.66. The topological polar surface area (TPSA) is 61.9 Å². The molecule has 3 nitrogen and oxygen atoms in total. The summed E-state index contributed by atoms with van der Waals surface area (Å²) in [6.45, 7) is 4.16. The van der Waals surface area contributed by atoms with Gasteiger partial charge in [-0.05, 0) is 38.1 Å². The molecule has 78 valence electrons. The van der Waals surface area contributed by atoms with Crippen LogP contribution in [0.1, 0.15) is 19.4 Å². The number of halogens is 1. The van der Waals surface area contributed by atoms with Gasteiger partial charge in [-0.3, -0.25) is 5.41 Å². The Bertz CT molecular complexity index is 293. The molecular weight excluding hydrogens is 198 g/mol. The van der Waals surface area contributed by atoms with E-state index >= 15 is 0 Å². The van der Waals surface area contributed by atoms with Crippen molar-refractivity contribution in [3.8, 4) is 0 Å². The van der Waals surface area contributed by atoms with Crippen LogP contribution < -0.4 is 11.1 Å². The predicted octanol–water partition coefficient (Wildman–Crippen LogP) is 2.21. The Balaban J connectivity index is 0.00000169. The van der Waals surface area contributed by atoms with Gasteiger partial charge in [-0.25, -0.2) is 0 Å². The van der Waals surface area contributed by atoms with Gasteiger partial charge in [0.2, 0.25) is 0 Å². The van der Waals surface area contributed by atoms with Crippen LogP contribution in [0.5, 0.6) is 0 Å². The fourth-order valence-electron chi connectivity index (χ4n) is 1.08. The average Bonchev–Trinajstić information content (AvgIpc) is 2.04. The van der Waals surface area contributed by atoms with Crippen molar-refractivity contribution in [1.82, 2.24) is 0 Å². The predicted molar refractivity (Wildman–Crippen MR) is 63.5 cm³/mol. The summed E-state index contributed by atoms with van der Waals surface area (Å²) in [5.74, 6) is 0.107. The van der Waals surface area contributed by atoms with Crippen LogP contribution in [-0.2, 0) is 0 Å². The summed E-state index contributed by atoms with van der Waals surface area (Å²) in [4.78, 5) is 0. The summed E-state index contributed by atoms with van der Waals surface area (Å²) in [6, 6.07) is 7.95. The van der Waals surface area contributed by atoms with E-state index in [1.165, 1.54) is 0 Å². The maximum atomic E-state index is 7.20. The van der Waals surface area contributed by atoms with Gasteiger partial charge in [0.25, 0.3) is 0 Å². The second kappa shape index (κ2) is 5.50. The van der Waals surface area contributed by atoms with Crippen LogP contribution in [0.3, 0.4) is 0 Å². The third-order valence-electron chi connectivity index (χ3n) is 1.65. The van der Waals surface area contributed by atoms with Crippen molar-refractivity contribution in [3.63, 3.8) is 0 Å². The lowest BCUT2D eigenvalue weighted by Gasteiger charge is -2.09. The first-order chi connectivity index (χ1) is 6.09. The van der Waals surface area contributed by atoms with Gasteiger partial charge in [0.15, 0.2) is 0 Å². The number of benzene rings is 1. The largest absolute Gasteiger partial charge is 0.384 e. The molecule has 0 saturated heterocycles. The molecule has 0 saturated carbocycles. The summed E-state index contributed by atoms with van der Waals surface area (Å²) in [6.07, 6.45) is 0. The number of nitrogen functional groups attached to an aromatic ring is 1. The Morgan fingerprint density at radius 1 is 1.29 bits per heavy atom. The summed E-state index contributed by atoms with van der Waals surface area (Å²) in [5, 5.41) is 10.5. The Morgan fingerprint density at radius 3 is 2.14 bits per heavy atom. The average molecular weight is 214 g/mol. The lowest BCUT2D eigenvalue weighted by atomic mass is 10.2. The highest BCUT2D eigenvalue weighted by Crippen LogP contribution is 2.09. The zero-order chi connectivity index (χ0) is 9.84. The van der Waals surface area contributed by atoms with Crippen LogP contribution in [0.2, 0.25) is 0 Å². The minimum Gasteiger partial charge on any atom is -0.384 e. The van der Waals surface area contributed by atoms with E-state index in [1.807, 2.05) is 24.3 Å². The standard InChI is InChI=1S/C10H15N3.ClH/c1-7(2)13-9-5-3-8(4-6-9)10(11)12;/h3-7,13H,1-2H3,(H3,11,12);1H. The summed E-state index contributed by atoms with van der Waals surface area (Å²) < 4.78 is 0. The van der Waals surface area contributed by atoms with Crippen LogP contribution in [0.25, 0.3) is 0 Å². The molecule has 0 amide bonds. The fraction of sp³-hybridized carbons (Fsp3) is 0.300. The second-order valence-electron chi connectivity index (χ2n) is 3.29. The van der Waals surface area contributed by atoms with Crippen molar-refractivity contribution in [3.05, 3.63) is 29.8 Å². The first-order valence-corrected chi connectivity index (χ1v) is 4.30. The van der Waals surface area contributed by atoms with E-state index in [2.05, 4.69) is 19.2 Å². The van der Waals surface area contributed by atoms with Gasteiger partial charge in [-0.2, -0.15) is 0 Å². The third-order valence-corrected chi connectivity index (χ3v) is 1.65. The highest BCUT2D eigenvalue weighted by molar-refractivity contribution is 5.95. The molecule has 0 aromatic heterocycles. The van der Waals surface area contributed by atoms with Gasteiger partial charge < -0.3 is 11.1 Å². The summed E-state index contributed by atoms with van der Waals surface area (Å²) in [7, 11) is 0. The van der Waals surface area contributed by atoms with Crippen molar-refractivity contribution in [2.45, 2.75) is 19.9 Å². The van der Waals surface area contributed by atoms with Crippen molar-refractivity contribution in [2.24, 2.45) is 5.73 Å². The van der Waals surface area contributed by atoms with E-state index in [1.54, 1.807) is 0 Å². The second-order valence-corrected chi connectivity index (χ2v) is 3.29.